The molecule has 0 amide bonds. The molecule has 0 bridgehead atoms. The molecule has 7 heteroatoms. The Morgan fingerprint density at radius 1 is 1.40 bits per heavy atom. The van der Waals surface area contributed by atoms with E-state index in [9.17, 15) is 5.11 Å². The van der Waals surface area contributed by atoms with Gasteiger partial charge in [-0.15, -0.1) is 0 Å². The molecule has 1 heterocycles. The van der Waals surface area contributed by atoms with E-state index in [4.69, 9.17) is 32.7 Å². The van der Waals surface area contributed by atoms with Crippen LogP contribution in [0.1, 0.15) is 28.0 Å². The van der Waals surface area contributed by atoms with Crippen molar-refractivity contribution in [2.75, 3.05) is 20.0 Å². The number of aliphatic hydroxyl groups is 2. The SMILES string of the molecule is [2H]OCC1CC([B])CC1OCOCC1OC([B])CC1O.[3H]C. The summed E-state index contributed by atoms with van der Waals surface area (Å²) in [6.45, 7) is 0.665. The maximum absolute atomic E-state index is 9.64. The molecule has 2 fully saturated rings. The van der Waals surface area contributed by atoms with Crippen molar-refractivity contribution in [2.24, 2.45) is 5.92 Å². The van der Waals surface area contributed by atoms with Crippen molar-refractivity contribution in [1.29, 1.82) is 1.43 Å². The van der Waals surface area contributed by atoms with E-state index in [-0.39, 0.29) is 31.2 Å². The van der Waals surface area contributed by atoms with E-state index in [0.29, 0.717) is 13.0 Å². The van der Waals surface area contributed by atoms with Crippen LogP contribution in [0.2, 0.25) is 5.82 Å². The Hall–Kier alpha value is -0.0701. The minimum absolute atomic E-state index is 0.0490. The first kappa shape index (κ1) is 14.9. The van der Waals surface area contributed by atoms with Crippen LogP contribution in [0, 0.1) is 5.92 Å². The summed E-state index contributed by atoms with van der Waals surface area (Å²) in [4.78, 5) is 0. The number of rotatable bonds is 7. The Morgan fingerprint density at radius 3 is 2.85 bits per heavy atom. The molecule has 6 unspecified atom stereocenters. The third kappa shape index (κ3) is 4.74. The number of aliphatic hydroxyl groups excluding tert-OH is 2. The van der Waals surface area contributed by atoms with E-state index in [2.05, 4.69) is 5.11 Å². The molecular weight excluding hydrogens is 258 g/mol. The van der Waals surface area contributed by atoms with Crippen molar-refractivity contribution in [3.05, 3.63) is 0 Å². The molecule has 0 spiro atoms. The predicted molar refractivity (Wildman–Crippen MR) is 76.8 cm³/mol. The zero-order valence-corrected chi connectivity index (χ0v) is 11.9. The van der Waals surface area contributed by atoms with Crippen LogP contribution in [0.25, 0.3) is 0 Å². The van der Waals surface area contributed by atoms with Crippen LogP contribution in [0.4, 0.5) is 0 Å². The predicted octanol–water partition coefficient (Wildman–Crippen LogP) is -0.0145. The second-order valence-corrected chi connectivity index (χ2v) is 5.37. The molecule has 2 aliphatic rings. The Morgan fingerprint density at radius 2 is 2.20 bits per heavy atom. The molecular formula is C13H24B2O5. The summed E-state index contributed by atoms with van der Waals surface area (Å²) < 4.78 is 28.9. The average Bonchev–Trinajstić information content (AvgIpc) is 3.00. The lowest BCUT2D eigenvalue weighted by Crippen LogP contribution is -2.28. The second-order valence-electron chi connectivity index (χ2n) is 5.37. The molecule has 6 atom stereocenters. The fraction of sp³-hybridized carbons (Fsp3) is 1.00. The molecule has 5 nitrogen and oxygen atoms in total. The van der Waals surface area contributed by atoms with Gasteiger partial charge in [-0.25, -0.2) is 0 Å². The van der Waals surface area contributed by atoms with Gasteiger partial charge in [0.15, 0.2) is 0 Å². The standard InChI is InChI=1S/C12H20B2O5.CH4/c13-8-1-7(4-15)10(2-8)18-6-17-5-11-9(16)3-12(14)19-11;/h7-12,15-16H,1-6H2;1H4/i15D;1T. The smallest absolute Gasteiger partial charge is 0.210 e. The van der Waals surface area contributed by atoms with Gasteiger partial charge in [-0.1, -0.05) is 19.6 Å². The summed E-state index contributed by atoms with van der Waals surface area (Å²) in [5.41, 5.74) is 0. The van der Waals surface area contributed by atoms with Crippen molar-refractivity contribution in [3.8, 4) is 0 Å². The minimum Gasteiger partial charge on any atom is -0.396 e. The van der Waals surface area contributed by atoms with Gasteiger partial charge in [-0.05, 0) is 12.8 Å². The highest BCUT2D eigenvalue weighted by atomic mass is 16.7. The quantitative estimate of drug-likeness (QED) is 0.391. The first-order valence-corrected chi connectivity index (χ1v) is 6.72. The largest absolute Gasteiger partial charge is 0.396 e. The maximum Gasteiger partial charge on any atom is 0.210 e. The van der Waals surface area contributed by atoms with Crippen molar-refractivity contribution < 1.29 is 25.8 Å². The number of hydrogen-bond donors (Lipinski definition) is 2. The molecule has 0 aromatic rings. The van der Waals surface area contributed by atoms with Crippen LogP contribution in [0.5, 0.6) is 0 Å². The van der Waals surface area contributed by atoms with E-state index in [1.165, 1.54) is 7.40 Å². The van der Waals surface area contributed by atoms with E-state index in [1.54, 1.807) is 0 Å². The molecule has 2 rings (SSSR count). The van der Waals surface area contributed by atoms with E-state index in [1.807, 2.05) is 0 Å². The minimum atomic E-state index is -0.589. The van der Waals surface area contributed by atoms with Gasteiger partial charge in [0.2, 0.25) is 1.43 Å². The van der Waals surface area contributed by atoms with Crippen LogP contribution in [0.3, 0.4) is 0 Å². The monoisotopic (exact) mass is 285 g/mol. The molecule has 1 aliphatic heterocycles. The lowest BCUT2D eigenvalue weighted by atomic mass is 9.85. The highest BCUT2D eigenvalue weighted by Crippen LogP contribution is 2.35. The highest BCUT2D eigenvalue weighted by molar-refractivity contribution is 6.11. The Labute approximate surface area is 126 Å². The summed E-state index contributed by atoms with van der Waals surface area (Å²) >= 11 is 0. The van der Waals surface area contributed by atoms with Gasteiger partial charge >= 0.3 is 0 Å². The molecule has 2 N–H and O–H groups in total. The molecule has 1 saturated carbocycles. The van der Waals surface area contributed by atoms with Crippen molar-refractivity contribution in [1.82, 2.24) is 0 Å². The van der Waals surface area contributed by atoms with E-state index < -0.39 is 18.2 Å². The van der Waals surface area contributed by atoms with Crippen molar-refractivity contribution >= 4 is 15.7 Å². The van der Waals surface area contributed by atoms with Gasteiger partial charge in [0.1, 0.15) is 20.7 Å². The van der Waals surface area contributed by atoms with Gasteiger partial charge in [-0.3, -0.25) is 0 Å². The fourth-order valence-electron chi connectivity index (χ4n) is 2.72. The van der Waals surface area contributed by atoms with Gasteiger partial charge in [0.05, 0.1) is 26.7 Å². The van der Waals surface area contributed by atoms with E-state index in [0.717, 1.165) is 12.8 Å². The van der Waals surface area contributed by atoms with Crippen LogP contribution >= 0.6 is 0 Å². The van der Waals surface area contributed by atoms with Crippen LogP contribution in [0.15, 0.2) is 0 Å². The normalized spacial score (nSPS) is 41.7. The molecule has 1 saturated heterocycles. The van der Waals surface area contributed by atoms with Crippen LogP contribution in [-0.4, -0.2) is 71.7 Å². The summed E-state index contributed by atoms with van der Waals surface area (Å²) in [5, 5.41) is 14.1. The van der Waals surface area contributed by atoms with Crippen molar-refractivity contribution in [3.63, 3.8) is 0 Å². The lowest BCUT2D eigenvalue weighted by molar-refractivity contribution is -0.129. The molecule has 0 aromatic carbocycles. The van der Waals surface area contributed by atoms with Crippen molar-refractivity contribution in [2.45, 2.75) is 56.8 Å². The van der Waals surface area contributed by atoms with Gasteiger partial charge < -0.3 is 24.4 Å². The van der Waals surface area contributed by atoms with Crippen LogP contribution < -0.4 is 0 Å². The first-order valence-electron chi connectivity index (χ1n) is 8.13. The summed E-state index contributed by atoms with van der Waals surface area (Å²) in [5.74, 6) is 0.214. The Balaban J connectivity index is 0.00000116. The topological polar surface area (TPSA) is 68.2 Å². The molecule has 4 radical (unpaired) electrons. The van der Waals surface area contributed by atoms with Gasteiger partial charge in [0.25, 0.3) is 0 Å². The average molecular weight is 285 g/mol. The third-order valence-corrected chi connectivity index (χ3v) is 3.78. The fourth-order valence-corrected chi connectivity index (χ4v) is 2.72. The Kier molecular flexibility index (Phi) is 6.23. The zero-order valence-electron chi connectivity index (χ0n) is 13.9. The molecule has 0 aromatic heterocycles. The maximum atomic E-state index is 9.64. The third-order valence-electron chi connectivity index (χ3n) is 3.78. The second kappa shape index (κ2) is 8.39. The lowest BCUT2D eigenvalue weighted by Gasteiger charge is -2.19. The highest BCUT2D eigenvalue weighted by Gasteiger charge is 2.33. The summed E-state index contributed by atoms with van der Waals surface area (Å²) in [7, 11) is 12.7. The van der Waals surface area contributed by atoms with Crippen LogP contribution in [-0.2, 0) is 14.2 Å². The first-order chi connectivity index (χ1) is 10.6. The molecule has 1 aliphatic carbocycles. The van der Waals surface area contributed by atoms with E-state index >= 15 is 0 Å². The molecule has 112 valence electrons. The zero-order chi connectivity index (χ0) is 16.5. The van der Waals surface area contributed by atoms with Gasteiger partial charge in [0, 0.05) is 19.9 Å². The summed E-state index contributed by atoms with van der Waals surface area (Å²) in [6, 6.07) is -0.425. The number of ether oxygens (including phenoxy) is 3. The Bertz CT molecular complexity index is 304. The van der Waals surface area contributed by atoms with Gasteiger partial charge in [-0.2, -0.15) is 0 Å². The summed E-state index contributed by atoms with van der Waals surface area (Å²) in [6.07, 6.45) is 0.927. The number of hydrogen-bond acceptors (Lipinski definition) is 5. The molecule has 20 heavy (non-hydrogen) atoms.